The molecular formula is C24H25N5OS. The number of aryl methyl sites for hydroxylation is 2. The molecule has 1 amide bonds. The average Bonchev–Trinajstić information content (AvgIpc) is 3.37. The first kappa shape index (κ1) is 19.8. The molecule has 158 valence electrons. The van der Waals surface area contributed by atoms with Crippen molar-refractivity contribution >= 4 is 45.6 Å². The summed E-state index contributed by atoms with van der Waals surface area (Å²) < 4.78 is 1.96. The van der Waals surface area contributed by atoms with Crippen molar-refractivity contribution < 1.29 is 4.79 Å². The van der Waals surface area contributed by atoms with E-state index in [1.807, 2.05) is 24.7 Å². The van der Waals surface area contributed by atoms with E-state index in [1.54, 1.807) is 17.7 Å². The maximum absolute atomic E-state index is 12.4. The van der Waals surface area contributed by atoms with Crippen molar-refractivity contribution in [2.45, 2.75) is 26.2 Å². The van der Waals surface area contributed by atoms with Gasteiger partial charge in [-0.2, -0.15) is 0 Å². The smallest absolute Gasteiger partial charge is 0.228 e. The number of imidazole rings is 1. The maximum atomic E-state index is 12.4. The zero-order chi connectivity index (χ0) is 21.5. The molecule has 1 fully saturated rings. The van der Waals surface area contributed by atoms with Gasteiger partial charge in [-0.1, -0.05) is 19.1 Å². The van der Waals surface area contributed by atoms with E-state index in [1.165, 1.54) is 16.0 Å². The Morgan fingerprint density at radius 1 is 1.29 bits per heavy atom. The van der Waals surface area contributed by atoms with Crippen molar-refractivity contribution in [2.24, 2.45) is 13.0 Å². The Morgan fingerprint density at radius 2 is 2.13 bits per heavy atom. The van der Waals surface area contributed by atoms with Gasteiger partial charge >= 0.3 is 0 Å². The Morgan fingerprint density at radius 3 is 2.84 bits per heavy atom. The van der Waals surface area contributed by atoms with Crippen LogP contribution in [0.15, 0.2) is 48.1 Å². The van der Waals surface area contributed by atoms with Gasteiger partial charge in [0.2, 0.25) is 5.91 Å². The number of carbonyl (C=O) groups excluding carboxylic acids is 1. The number of pyridine rings is 1. The Labute approximate surface area is 185 Å². The molecule has 6 nitrogen and oxygen atoms in total. The van der Waals surface area contributed by atoms with Crippen LogP contribution in [0.2, 0.25) is 0 Å². The number of anilines is 3. The van der Waals surface area contributed by atoms with Gasteiger partial charge in [-0.15, -0.1) is 11.3 Å². The summed E-state index contributed by atoms with van der Waals surface area (Å²) in [4.78, 5) is 25.1. The van der Waals surface area contributed by atoms with Crippen molar-refractivity contribution in [3.63, 3.8) is 0 Å². The van der Waals surface area contributed by atoms with Crippen LogP contribution in [-0.2, 0) is 18.3 Å². The number of hydrogen-bond donors (Lipinski definition) is 1. The molecular weight excluding hydrogens is 406 g/mol. The highest BCUT2D eigenvalue weighted by molar-refractivity contribution is 7.13. The lowest BCUT2D eigenvalue weighted by atomic mass is 10.0. The lowest BCUT2D eigenvalue weighted by Gasteiger charge is -2.23. The highest BCUT2D eigenvalue weighted by Crippen LogP contribution is 2.35. The van der Waals surface area contributed by atoms with Crippen LogP contribution in [-0.4, -0.2) is 27.5 Å². The third-order valence-electron chi connectivity index (χ3n) is 5.86. The summed E-state index contributed by atoms with van der Waals surface area (Å²) in [6, 6.07) is 12.8. The molecule has 0 aliphatic heterocycles. The van der Waals surface area contributed by atoms with Crippen molar-refractivity contribution in [2.75, 3.05) is 17.3 Å². The molecule has 0 radical (unpaired) electrons. The monoisotopic (exact) mass is 431 g/mol. The molecule has 1 aliphatic rings. The predicted molar refractivity (Wildman–Crippen MR) is 127 cm³/mol. The first-order valence-electron chi connectivity index (χ1n) is 10.6. The summed E-state index contributed by atoms with van der Waals surface area (Å²) >= 11 is 1.75. The van der Waals surface area contributed by atoms with Gasteiger partial charge in [0, 0.05) is 36.6 Å². The number of benzene rings is 1. The lowest BCUT2D eigenvalue weighted by molar-refractivity contribution is -0.117. The number of hydrogen-bond acceptors (Lipinski definition) is 5. The molecule has 1 saturated carbocycles. The van der Waals surface area contributed by atoms with Gasteiger partial charge in [-0.05, 0) is 54.0 Å². The third kappa shape index (κ3) is 3.70. The zero-order valence-electron chi connectivity index (χ0n) is 17.9. The second kappa shape index (κ2) is 7.81. The molecule has 4 aromatic rings. The van der Waals surface area contributed by atoms with E-state index < -0.39 is 0 Å². The van der Waals surface area contributed by atoms with Crippen molar-refractivity contribution in [3.8, 4) is 10.4 Å². The first-order valence-corrected chi connectivity index (χ1v) is 11.5. The van der Waals surface area contributed by atoms with Gasteiger partial charge in [0.15, 0.2) is 5.82 Å². The summed E-state index contributed by atoms with van der Waals surface area (Å²) in [5, 5.41) is 5.11. The molecule has 7 heteroatoms. The second-order valence-electron chi connectivity index (χ2n) is 8.05. The molecule has 1 N–H and O–H groups in total. The minimum Gasteiger partial charge on any atom is -0.334 e. The number of rotatable bonds is 6. The van der Waals surface area contributed by atoms with Gasteiger partial charge < -0.3 is 14.8 Å². The van der Waals surface area contributed by atoms with Gasteiger partial charge in [-0.25, -0.2) is 9.97 Å². The highest BCUT2D eigenvalue weighted by atomic mass is 32.1. The standard InChI is InChI=1S/C24H25N5OS/c1-4-15-12-17(20-6-5-11-31-20)9-10-18(15)29(3)21-13-19-22(25-14-28(19)2)23(26-21)27-24(30)16-7-8-16/h5-6,9-14,16H,4,7-8H2,1-3H3,(H,26,27,30). The van der Waals surface area contributed by atoms with E-state index in [9.17, 15) is 4.79 Å². The molecule has 3 aromatic heterocycles. The number of thiophene rings is 1. The van der Waals surface area contributed by atoms with Crippen LogP contribution in [0.25, 0.3) is 21.5 Å². The SMILES string of the molecule is CCc1cc(-c2cccs2)ccc1N(C)c1cc2c(ncn2C)c(NC(=O)C2CC2)n1. The fourth-order valence-electron chi connectivity index (χ4n) is 3.85. The van der Waals surface area contributed by atoms with Crippen LogP contribution in [0.5, 0.6) is 0 Å². The Bertz CT molecular complexity index is 1260. The molecule has 0 bridgehead atoms. The number of fused-ring (bicyclic) bond motifs is 1. The van der Waals surface area contributed by atoms with Crippen molar-refractivity contribution in [3.05, 3.63) is 53.7 Å². The van der Waals surface area contributed by atoms with E-state index in [4.69, 9.17) is 4.98 Å². The van der Waals surface area contributed by atoms with Crippen LogP contribution >= 0.6 is 11.3 Å². The minimum atomic E-state index is 0.0359. The fraction of sp³-hybridized carbons (Fsp3) is 0.292. The van der Waals surface area contributed by atoms with E-state index in [0.29, 0.717) is 5.82 Å². The van der Waals surface area contributed by atoms with E-state index in [0.717, 1.165) is 41.8 Å². The topological polar surface area (TPSA) is 63.1 Å². The molecule has 3 heterocycles. The number of nitrogens with zero attached hydrogens (tertiary/aromatic N) is 4. The average molecular weight is 432 g/mol. The molecule has 0 spiro atoms. The third-order valence-corrected chi connectivity index (χ3v) is 6.78. The molecule has 0 saturated heterocycles. The van der Waals surface area contributed by atoms with Gasteiger partial charge in [-0.3, -0.25) is 4.79 Å². The predicted octanol–water partition coefficient (Wildman–Crippen LogP) is 5.38. The van der Waals surface area contributed by atoms with Crippen LogP contribution in [0.1, 0.15) is 25.3 Å². The largest absolute Gasteiger partial charge is 0.334 e. The van der Waals surface area contributed by atoms with Crippen molar-refractivity contribution in [1.29, 1.82) is 0 Å². The second-order valence-corrected chi connectivity index (χ2v) is 9.00. The van der Waals surface area contributed by atoms with Crippen LogP contribution < -0.4 is 10.2 Å². The Hall–Kier alpha value is -3.19. The molecule has 5 rings (SSSR count). The van der Waals surface area contributed by atoms with E-state index >= 15 is 0 Å². The first-order chi connectivity index (χ1) is 15.0. The normalized spacial score (nSPS) is 13.5. The summed E-state index contributed by atoms with van der Waals surface area (Å²) in [5.74, 6) is 1.46. The van der Waals surface area contributed by atoms with Crippen LogP contribution in [0.4, 0.5) is 17.3 Å². The molecule has 1 aromatic carbocycles. The summed E-state index contributed by atoms with van der Waals surface area (Å²) in [7, 11) is 3.98. The summed E-state index contributed by atoms with van der Waals surface area (Å²) in [6.45, 7) is 2.17. The number of amides is 1. The van der Waals surface area contributed by atoms with Gasteiger partial charge in [0.1, 0.15) is 11.3 Å². The van der Waals surface area contributed by atoms with Gasteiger partial charge in [0.05, 0.1) is 11.8 Å². The lowest BCUT2D eigenvalue weighted by Crippen LogP contribution is -2.18. The number of nitrogens with one attached hydrogen (secondary N) is 1. The van der Waals surface area contributed by atoms with Gasteiger partial charge in [0.25, 0.3) is 0 Å². The van der Waals surface area contributed by atoms with E-state index in [-0.39, 0.29) is 11.8 Å². The Kier molecular flexibility index (Phi) is 4.98. The van der Waals surface area contributed by atoms with E-state index in [2.05, 4.69) is 57.8 Å². The zero-order valence-corrected chi connectivity index (χ0v) is 18.7. The Balaban J connectivity index is 1.55. The molecule has 0 atom stereocenters. The van der Waals surface area contributed by atoms with Crippen LogP contribution in [0.3, 0.4) is 0 Å². The van der Waals surface area contributed by atoms with Crippen molar-refractivity contribution in [1.82, 2.24) is 14.5 Å². The minimum absolute atomic E-state index is 0.0359. The summed E-state index contributed by atoms with van der Waals surface area (Å²) in [6.07, 6.45) is 4.58. The number of carbonyl (C=O) groups is 1. The summed E-state index contributed by atoms with van der Waals surface area (Å²) in [5.41, 5.74) is 5.25. The molecule has 31 heavy (non-hydrogen) atoms. The maximum Gasteiger partial charge on any atom is 0.228 e. The fourth-order valence-corrected chi connectivity index (χ4v) is 4.58. The highest BCUT2D eigenvalue weighted by Gasteiger charge is 2.30. The molecule has 1 aliphatic carbocycles. The quantitative estimate of drug-likeness (QED) is 0.445. The molecule has 0 unspecified atom stereocenters. The van der Waals surface area contributed by atoms with Crippen LogP contribution in [0, 0.1) is 5.92 Å². The number of aromatic nitrogens is 3.